The van der Waals surface area contributed by atoms with Crippen molar-refractivity contribution in [3.05, 3.63) is 66.0 Å². The van der Waals surface area contributed by atoms with E-state index in [9.17, 15) is 9.59 Å². The number of esters is 1. The summed E-state index contributed by atoms with van der Waals surface area (Å²) in [6.45, 7) is 2.40. The van der Waals surface area contributed by atoms with E-state index in [-0.39, 0.29) is 12.5 Å². The van der Waals surface area contributed by atoms with E-state index in [4.69, 9.17) is 9.47 Å². The van der Waals surface area contributed by atoms with Crippen molar-refractivity contribution in [1.29, 1.82) is 0 Å². The van der Waals surface area contributed by atoms with Crippen molar-refractivity contribution in [1.82, 2.24) is 10.3 Å². The molecular formula is C20H22N2O4. The Morgan fingerprint density at radius 3 is 2.81 bits per heavy atom. The Labute approximate surface area is 152 Å². The molecule has 6 heteroatoms. The van der Waals surface area contributed by atoms with E-state index in [0.717, 1.165) is 5.56 Å². The molecule has 2 aromatic rings. The quantitative estimate of drug-likeness (QED) is 0.553. The van der Waals surface area contributed by atoms with Crippen LogP contribution in [0.1, 0.15) is 18.1 Å². The van der Waals surface area contributed by atoms with Gasteiger partial charge in [-0.3, -0.25) is 9.78 Å². The Bertz CT molecular complexity index is 744. The molecule has 0 aliphatic rings. The molecule has 26 heavy (non-hydrogen) atoms. The van der Waals surface area contributed by atoms with E-state index in [0.29, 0.717) is 30.9 Å². The fourth-order valence-corrected chi connectivity index (χ4v) is 2.19. The van der Waals surface area contributed by atoms with E-state index >= 15 is 0 Å². The zero-order valence-corrected chi connectivity index (χ0v) is 14.7. The first-order valence-electron chi connectivity index (χ1n) is 8.41. The summed E-state index contributed by atoms with van der Waals surface area (Å²) in [6.07, 6.45) is 7.30. The first-order chi connectivity index (χ1) is 12.7. The summed E-state index contributed by atoms with van der Waals surface area (Å²) in [4.78, 5) is 27.4. The predicted octanol–water partition coefficient (Wildman–Crippen LogP) is 2.40. The Balaban J connectivity index is 1.84. The third-order valence-electron chi connectivity index (χ3n) is 3.42. The summed E-state index contributed by atoms with van der Waals surface area (Å²) in [6, 6.07) is 11.0. The van der Waals surface area contributed by atoms with E-state index in [1.807, 2.05) is 18.2 Å². The number of amides is 1. The molecule has 0 saturated heterocycles. The molecule has 136 valence electrons. The highest BCUT2D eigenvalue weighted by atomic mass is 16.6. The Hall–Kier alpha value is -3.15. The van der Waals surface area contributed by atoms with Gasteiger partial charge in [0.05, 0.1) is 6.61 Å². The summed E-state index contributed by atoms with van der Waals surface area (Å²) in [7, 11) is 0. The van der Waals surface area contributed by atoms with Crippen LogP contribution < -0.4 is 10.1 Å². The number of carbonyl (C=O) groups is 2. The molecule has 0 aliphatic carbocycles. The second kappa shape index (κ2) is 10.7. The van der Waals surface area contributed by atoms with Crippen molar-refractivity contribution in [3.8, 4) is 5.75 Å². The predicted molar refractivity (Wildman–Crippen MR) is 98.6 cm³/mol. The molecular weight excluding hydrogens is 332 g/mol. The number of para-hydroxylation sites is 1. The molecule has 6 nitrogen and oxygen atoms in total. The molecule has 1 amide bonds. The fourth-order valence-electron chi connectivity index (χ4n) is 2.19. The van der Waals surface area contributed by atoms with Gasteiger partial charge in [0.15, 0.2) is 6.61 Å². The molecule has 0 aliphatic heterocycles. The SMILES string of the molecule is CCOC(=O)COc1ccccc1/C=C/C(=O)NCCc1cccnc1. The molecule has 0 bridgehead atoms. The van der Waals surface area contributed by atoms with Gasteiger partial charge in [-0.05, 0) is 37.1 Å². The highest BCUT2D eigenvalue weighted by Gasteiger charge is 2.06. The summed E-state index contributed by atoms with van der Waals surface area (Å²) in [5.41, 5.74) is 1.77. The zero-order valence-electron chi connectivity index (χ0n) is 14.7. The Morgan fingerprint density at radius 1 is 1.19 bits per heavy atom. The smallest absolute Gasteiger partial charge is 0.344 e. The standard InChI is InChI=1S/C20H22N2O4/c1-2-25-20(24)15-26-18-8-4-3-7-17(18)9-10-19(23)22-13-11-16-6-5-12-21-14-16/h3-10,12,14H,2,11,13,15H2,1H3,(H,22,23)/b10-9+. The third kappa shape index (κ3) is 6.76. The van der Waals surface area contributed by atoms with E-state index in [1.165, 1.54) is 6.08 Å². The van der Waals surface area contributed by atoms with Crippen LogP contribution in [-0.2, 0) is 20.7 Å². The maximum Gasteiger partial charge on any atom is 0.344 e. The molecule has 1 heterocycles. The average Bonchev–Trinajstić information content (AvgIpc) is 2.66. The monoisotopic (exact) mass is 354 g/mol. The van der Waals surface area contributed by atoms with Gasteiger partial charge in [0.2, 0.25) is 5.91 Å². The van der Waals surface area contributed by atoms with Crippen molar-refractivity contribution in [2.24, 2.45) is 0 Å². The van der Waals surface area contributed by atoms with Crippen LogP contribution in [-0.4, -0.2) is 36.6 Å². The molecule has 0 fully saturated rings. The molecule has 1 aromatic heterocycles. The van der Waals surface area contributed by atoms with Crippen LogP contribution in [0.25, 0.3) is 6.08 Å². The van der Waals surface area contributed by atoms with Crippen LogP contribution in [0.3, 0.4) is 0 Å². The number of benzene rings is 1. The lowest BCUT2D eigenvalue weighted by atomic mass is 10.2. The summed E-state index contributed by atoms with van der Waals surface area (Å²) in [5, 5.41) is 2.82. The van der Waals surface area contributed by atoms with E-state index in [2.05, 4.69) is 10.3 Å². The second-order valence-electron chi connectivity index (χ2n) is 5.37. The lowest BCUT2D eigenvalue weighted by Gasteiger charge is -2.08. The number of ether oxygens (including phenoxy) is 2. The minimum Gasteiger partial charge on any atom is -0.481 e. The van der Waals surface area contributed by atoms with Gasteiger partial charge in [-0.2, -0.15) is 0 Å². The van der Waals surface area contributed by atoms with Crippen LogP contribution in [0.4, 0.5) is 0 Å². The van der Waals surface area contributed by atoms with Gasteiger partial charge in [0.25, 0.3) is 0 Å². The first kappa shape index (κ1) is 19.2. The fraction of sp³-hybridized carbons (Fsp3) is 0.250. The van der Waals surface area contributed by atoms with Gasteiger partial charge < -0.3 is 14.8 Å². The molecule has 0 spiro atoms. The summed E-state index contributed by atoms with van der Waals surface area (Å²) >= 11 is 0. The number of hydrogen-bond acceptors (Lipinski definition) is 5. The number of rotatable bonds is 9. The number of pyridine rings is 1. The van der Waals surface area contributed by atoms with Gasteiger partial charge in [0, 0.05) is 30.6 Å². The van der Waals surface area contributed by atoms with Gasteiger partial charge in [0.1, 0.15) is 5.75 Å². The number of hydrogen-bond donors (Lipinski definition) is 1. The average molecular weight is 354 g/mol. The molecule has 2 rings (SSSR count). The van der Waals surface area contributed by atoms with Crippen LogP contribution in [0.15, 0.2) is 54.9 Å². The topological polar surface area (TPSA) is 77.5 Å². The normalized spacial score (nSPS) is 10.5. The Kier molecular flexibility index (Phi) is 7.86. The summed E-state index contributed by atoms with van der Waals surface area (Å²) in [5.74, 6) is -0.117. The lowest BCUT2D eigenvalue weighted by Crippen LogP contribution is -2.23. The molecule has 0 atom stereocenters. The third-order valence-corrected chi connectivity index (χ3v) is 3.42. The number of aromatic nitrogens is 1. The zero-order chi connectivity index (χ0) is 18.6. The number of nitrogens with one attached hydrogen (secondary N) is 1. The van der Waals surface area contributed by atoms with Gasteiger partial charge in [-0.15, -0.1) is 0 Å². The lowest BCUT2D eigenvalue weighted by molar-refractivity contribution is -0.145. The van der Waals surface area contributed by atoms with Gasteiger partial charge >= 0.3 is 5.97 Å². The van der Waals surface area contributed by atoms with E-state index < -0.39 is 5.97 Å². The van der Waals surface area contributed by atoms with Crippen LogP contribution in [0.2, 0.25) is 0 Å². The van der Waals surface area contributed by atoms with Crippen LogP contribution in [0, 0.1) is 0 Å². The maximum absolute atomic E-state index is 11.9. The van der Waals surface area contributed by atoms with E-state index in [1.54, 1.807) is 43.6 Å². The molecule has 0 radical (unpaired) electrons. The van der Waals surface area contributed by atoms with Gasteiger partial charge in [-0.25, -0.2) is 4.79 Å². The summed E-state index contributed by atoms with van der Waals surface area (Å²) < 4.78 is 10.3. The molecule has 1 N–H and O–H groups in total. The largest absolute Gasteiger partial charge is 0.481 e. The minimum absolute atomic E-state index is 0.171. The van der Waals surface area contributed by atoms with Crippen molar-refractivity contribution in [2.45, 2.75) is 13.3 Å². The van der Waals surface area contributed by atoms with Gasteiger partial charge in [-0.1, -0.05) is 24.3 Å². The maximum atomic E-state index is 11.9. The van der Waals surface area contributed by atoms with Crippen molar-refractivity contribution >= 4 is 18.0 Å². The minimum atomic E-state index is -0.431. The first-order valence-corrected chi connectivity index (χ1v) is 8.41. The number of carbonyl (C=O) groups excluding carboxylic acids is 2. The molecule has 1 aromatic carbocycles. The highest BCUT2D eigenvalue weighted by molar-refractivity contribution is 5.92. The second-order valence-corrected chi connectivity index (χ2v) is 5.37. The van der Waals surface area contributed by atoms with Crippen LogP contribution >= 0.6 is 0 Å². The van der Waals surface area contributed by atoms with Crippen molar-refractivity contribution < 1.29 is 19.1 Å². The molecule has 0 unspecified atom stereocenters. The Morgan fingerprint density at radius 2 is 2.04 bits per heavy atom. The number of nitrogens with zero attached hydrogens (tertiary/aromatic N) is 1. The molecule has 0 saturated carbocycles. The van der Waals surface area contributed by atoms with Crippen molar-refractivity contribution in [2.75, 3.05) is 19.8 Å². The highest BCUT2D eigenvalue weighted by Crippen LogP contribution is 2.19. The van der Waals surface area contributed by atoms with Crippen molar-refractivity contribution in [3.63, 3.8) is 0 Å². The van der Waals surface area contributed by atoms with Crippen LogP contribution in [0.5, 0.6) is 5.75 Å².